The largest absolute Gasteiger partial charge is 0.384 e. The Balaban J connectivity index is 2.35. The molecule has 0 spiro atoms. The third kappa shape index (κ3) is 4.33. The molecule has 1 aromatic carbocycles. The number of hydrogen-bond acceptors (Lipinski definition) is 6. The van der Waals surface area contributed by atoms with Crippen LogP contribution in [0.4, 0.5) is 5.82 Å². The Bertz CT molecular complexity index is 966. The van der Waals surface area contributed by atoms with Gasteiger partial charge in [-0.15, -0.1) is 11.8 Å². The highest BCUT2D eigenvalue weighted by Gasteiger charge is 2.20. The van der Waals surface area contributed by atoms with Crippen LogP contribution in [0.3, 0.4) is 0 Å². The van der Waals surface area contributed by atoms with Gasteiger partial charge in [0.2, 0.25) is 0 Å². The van der Waals surface area contributed by atoms with Gasteiger partial charge >= 0.3 is 5.69 Å². The fourth-order valence-corrected chi connectivity index (χ4v) is 4.04. The summed E-state index contributed by atoms with van der Waals surface area (Å²) in [5.41, 5.74) is 8.90. The van der Waals surface area contributed by atoms with Crippen LogP contribution in [0.2, 0.25) is 0 Å². The van der Waals surface area contributed by atoms with Crippen molar-refractivity contribution < 1.29 is 9.53 Å². The third-order valence-corrected chi connectivity index (χ3v) is 5.99. The molecule has 0 amide bonds. The number of nitrogens with zero attached hydrogens (tertiary/aromatic N) is 1. The van der Waals surface area contributed by atoms with Gasteiger partial charge in [-0.3, -0.25) is 19.1 Å². The normalized spacial score (nSPS) is 11.0. The van der Waals surface area contributed by atoms with Crippen molar-refractivity contribution in [1.29, 1.82) is 0 Å². The van der Waals surface area contributed by atoms with Crippen molar-refractivity contribution in [2.24, 2.45) is 0 Å². The molecule has 0 atom stereocenters. The number of aromatic nitrogens is 2. The average Bonchev–Trinajstić information content (AvgIpc) is 2.59. The van der Waals surface area contributed by atoms with E-state index in [1.807, 2.05) is 27.7 Å². The fraction of sp³-hybridized carbons (Fsp3) is 0.421. The number of carbonyl (C=O) groups excluding carboxylic acids is 1. The number of H-pyrrole nitrogens is 1. The molecule has 7 nitrogen and oxygen atoms in total. The summed E-state index contributed by atoms with van der Waals surface area (Å²) >= 11 is 1.38. The SMILES string of the molecule is COCCn1c(N)c(C(=O)CSc2c(C)c(C)cc(C)c2C)c(=O)[nH]c1=O. The first-order chi connectivity index (χ1) is 12.7. The summed E-state index contributed by atoms with van der Waals surface area (Å²) in [6.45, 7) is 8.48. The van der Waals surface area contributed by atoms with Crippen molar-refractivity contribution in [2.75, 3.05) is 25.2 Å². The van der Waals surface area contributed by atoms with E-state index < -0.39 is 17.0 Å². The topological polar surface area (TPSA) is 107 Å². The summed E-state index contributed by atoms with van der Waals surface area (Å²) < 4.78 is 6.09. The van der Waals surface area contributed by atoms with E-state index in [0.29, 0.717) is 0 Å². The van der Waals surface area contributed by atoms with E-state index in [9.17, 15) is 14.4 Å². The molecule has 2 rings (SSSR count). The molecule has 2 aromatic rings. The van der Waals surface area contributed by atoms with Crippen LogP contribution >= 0.6 is 11.8 Å². The van der Waals surface area contributed by atoms with Crippen LogP contribution in [0.25, 0.3) is 0 Å². The van der Waals surface area contributed by atoms with Gasteiger partial charge in [0, 0.05) is 12.0 Å². The summed E-state index contributed by atoms with van der Waals surface area (Å²) in [7, 11) is 1.49. The second kappa shape index (κ2) is 8.58. The number of hydrogen-bond donors (Lipinski definition) is 2. The van der Waals surface area contributed by atoms with Gasteiger partial charge in [0.05, 0.1) is 18.9 Å². The number of methoxy groups -OCH3 is 1. The van der Waals surface area contributed by atoms with Crippen LogP contribution in [0.5, 0.6) is 0 Å². The molecule has 146 valence electrons. The Kier molecular flexibility index (Phi) is 6.67. The number of nitrogens with two attached hydrogens (primary N) is 1. The van der Waals surface area contributed by atoms with E-state index in [2.05, 4.69) is 11.1 Å². The molecule has 0 saturated carbocycles. The standard InChI is InChI=1S/C19H25N3O4S/c1-10-8-11(2)13(4)16(12(10)3)27-9-14(23)15-17(20)22(6-7-26-5)19(25)21-18(15)24/h8H,6-7,9,20H2,1-5H3,(H,21,24,25). The summed E-state index contributed by atoms with van der Waals surface area (Å²) in [6, 6.07) is 2.12. The van der Waals surface area contributed by atoms with E-state index in [4.69, 9.17) is 10.5 Å². The van der Waals surface area contributed by atoms with Crippen molar-refractivity contribution in [3.05, 3.63) is 54.7 Å². The van der Waals surface area contributed by atoms with Gasteiger partial charge in [0.1, 0.15) is 11.4 Å². The molecule has 1 heterocycles. The lowest BCUT2D eigenvalue weighted by Gasteiger charge is -2.15. The van der Waals surface area contributed by atoms with Crippen LogP contribution in [0, 0.1) is 27.7 Å². The minimum Gasteiger partial charge on any atom is -0.384 e. The number of ether oxygens (including phenoxy) is 1. The Morgan fingerprint density at radius 3 is 2.33 bits per heavy atom. The Hall–Kier alpha value is -2.32. The number of aromatic amines is 1. The molecule has 8 heteroatoms. The van der Waals surface area contributed by atoms with Crippen LogP contribution in [-0.2, 0) is 11.3 Å². The molecule has 0 aliphatic carbocycles. The average molecular weight is 391 g/mol. The summed E-state index contributed by atoms with van der Waals surface area (Å²) in [5.74, 6) is -0.483. The number of aryl methyl sites for hydroxylation is 2. The molecule has 0 aliphatic heterocycles. The predicted molar refractivity (Wildman–Crippen MR) is 108 cm³/mol. The number of carbonyl (C=O) groups is 1. The molecule has 0 aliphatic rings. The fourth-order valence-electron chi connectivity index (χ4n) is 2.87. The number of thioether (sulfide) groups is 1. The number of anilines is 1. The first-order valence-electron chi connectivity index (χ1n) is 8.54. The zero-order chi connectivity index (χ0) is 20.3. The monoisotopic (exact) mass is 391 g/mol. The molecule has 27 heavy (non-hydrogen) atoms. The van der Waals surface area contributed by atoms with Gasteiger partial charge in [0.15, 0.2) is 5.78 Å². The molecule has 0 saturated heterocycles. The maximum atomic E-state index is 12.7. The van der Waals surface area contributed by atoms with Crippen molar-refractivity contribution in [3.8, 4) is 0 Å². The Morgan fingerprint density at radius 2 is 1.78 bits per heavy atom. The lowest BCUT2D eigenvalue weighted by Crippen LogP contribution is -2.37. The second-order valence-electron chi connectivity index (χ2n) is 6.47. The summed E-state index contributed by atoms with van der Waals surface area (Å²) in [5, 5.41) is 0. The van der Waals surface area contributed by atoms with Crippen molar-refractivity contribution in [3.63, 3.8) is 0 Å². The second-order valence-corrected chi connectivity index (χ2v) is 7.45. The Morgan fingerprint density at radius 1 is 1.19 bits per heavy atom. The maximum Gasteiger partial charge on any atom is 0.330 e. The minimum absolute atomic E-state index is 0.0559. The number of benzene rings is 1. The van der Waals surface area contributed by atoms with Gasteiger partial charge in [-0.1, -0.05) is 6.07 Å². The van der Waals surface area contributed by atoms with Crippen LogP contribution < -0.4 is 17.0 Å². The molecule has 0 fully saturated rings. The molecular formula is C19H25N3O4S. The smallest absolute Gasteiger partial charge is 0.330 e. The Labute approximate surface area is 161 Å². The first kappa shape index (κ1) is 21.0. The van der Waals surface area contributed by atoms with Gasteiger partial charge in [-0.2, -0.15) is 0 Å². The van der Waals surface area contributed by atoms with E-state index in [1.54, 1.807) is 0 Å². The highest BCUT2D eigenvalue weighted by Crippen LogP contribution is 2.31. The zero-order valence-electron chi connectivity index (χ0n) is 16.3. The highest BCUT2D eigenvalue weighted by atomic mass is 32.2. The molecule has 3 N–H and O–H groups in total. The van der Waals surface area contributed by atoms with E-state index in [0.717, 1.165) is 31.7 Å². The minimum atomic E-state index is -0.759. The highest BCUT2D eigenvalue weighted by molar-refractivity contribution is 8.00. The lowest BCUT2D eigenvalue weighted by molar-refractivity contribution is 0.102. The van der Waals surface area contributed by atoms with Gasteiger partial charge in [0.25, 0.3) is 5.56 Å². The third-order valence-electron chi connectivity index (χ3n) is 4.68. The number of nitrogens with one attached hydrogen (secondary N) is 1. The van der Waals surface area contributed by atoms with Gasteiger partial charge in [-0.25, -0.2) is 4.79 Å². The van der Waals surface area contributed by atoms with Crippen molar-refractivity contribution in [1.82, 2.24) is 9.55 Å². The van der Waals surface area contributed by atoms with Crippen molar-refractivity contribution >= 4 is 23.4 Å². The van der Waals surface area contributed by atoms with Crippen LogP contribution in [0.1, 0.15) is 32.6 Å². The molecule has 0 radical (unpaired) electrons. The lowest BCUT2D eigenvalue weighted by atomic mass is 10.0. The number of rotatable bonds is 7. The van der Waals surface area contributed by atoms with E-state index in [-0.39, 0.29) is 30.3 Å². The number of nitrogen functional groups attached to an aromatic ring is 1. The van der Waals surface area contributed by atoms with Gasteiger partial charge < -0.3 is 10.5 Å². The summed E-state index contributed by atoms with van der Waals surface area (Å²) in [6.07, 6.45) is 0. The molecule has 1 aromatic heterocycles. The first-order valence-corrected chi connectivity index (χ1v) is 9.52. The molecule has 0 bridgehead atoms. The quantitative estimate of drug-likeness (QED) is 0.552. The van der Waals surface area contributed by atoms with Crippen LogP contribution in [0.15, 0.2) is 20.6 Å². The summed E-state index contributed by atoms with van der Waals surface area (Å²) in [4.78, 5) is 40.0. The van der Waals surface area contributed by atoms with E-state index in [1.165, 1.54) is 18.9 Å². The number of Topliss-reactive ketones (excluding diaryl/α,β-unsaturated/α-hetero) is 1. The zero-order valence-corrected chi connectivity index (χ0v) is 17.1. The maximum absolute atomic E-state index is 12.7. The molecule has 0 unspecified atom stereocenters. The van der Waals surface area contributed by atoms with Crippen LogP contribution in [-0.4, -0.2) is 34.8 Å². The van der Waals surface area contributed by atoms with E-state index >= 15 is 0 Å². The predicted octanol–water partition coefficient (Wildman–Crippen LogP) is 1.97. The number of ketones is 1. The van der Waals surface area contributed by atoms with Crippen molar-refractivity contribution in [2.45, 2.75) is 39.1 Å². The molecular weight excluding hydrogens is 366 g/mol. The van der Waals surface area contributed by atoms with Gasteiger partial charge in [-0.05, 0) is 49.9 Å².